The summed E-state index contributed by atoms with van der Waals surface area (Å²) < 4.78 is 10.4. The molecule has 0 saturated heterocycles. The number of aryl methyl sites for hydroxylation is 1. The first-order chi connectivity index (χ1) is 12.9. The third kappa shape index (κ3) is 7.13. The highest BCUT2D eigenvalue weighted by atomic mass is 35.5. The summed E-state index contributed by atoms with van der Waals surface area (Å²) in [5.74, 6) is 2.39. The molecule has 1 heterocycles. The smallest absolute Gasteiger partial charge is 0.226 e. The quantitative estimate of drug-likeness (QED) is 0.645. The van der Waals surface area contributed by atoms with Crippen LogP contribution in [0, 0.1) is 5.92 Å². The summed E-state index contributed by atoms with van der Waals surface area (Å²) in [5.41, 5.74) is 6.90. The molecule has 1 unspecified atom stereocenters. The van der Waals surface area contributed by atoms with E-state index in [1.807, 2.05) is 31.3 Å². The van der Waals surface area contributed by atoms with Gasteiger partial charge in [0, 0.05) is 38.0 Å². The Morgan fingerprint density at radius 2 is 1.96 bits per heavy atom. The summed E-state index contributed by atoms with van der Waals surface area (Å²) in [5, 5.41) is 4.00. The number of methoxy groups -OCH3 is 1. The Balaban J connectivity index is 0.00000392. The van der Waals surface area contributed by atoms with Gasteiger partial charge in [-0.05, 0) is 43.0 Å². The van der Waals surface area contributed by atoms with Crippen molar-refractivity contribution in [3.05, 3.63) is 30.2 Å². The summed E-state index contributed by atoms with van der Waals surface area (Å²) in [6, 6.07) is 7.59. The van der Waals surface area contributed by atoms with Crippen LogP contribution >= 0.6 is 12.4 Å². The van der Waals surface area contributed by atoms with Crippen LogP contribution < -0.4 is 10.5 Å². The zero-order valence-corrected chi connectivity index (χ0v) is 17.9. The van der Waals surface area contributed by atoms with Crippen LogP contribution in [-0.2, 0) is 11.2 Å². The molecule has 2 rings (SSSR count). The van der Waals surface area contributed by atoms with Crippen molar-refractivity contribution < 1.29 is 14.1 Å². The molecule has 1 aromatic heterocycles. The maximum Gasteiger partial charge on any atom is 0.226 e. The maximum atomic E-state index is 12.2. The Hall–Kier alpha value is -2.12. The van der Waals surface area contributed by atoms with Gasteiger partial charge in [-0.25, -0.2) is 0 Å². The molecule has 156 valence electrons. The second kappa shape index (κ2) is 11.7. The molecule has 0 bridgehead atoms. The van der Waals surface area contributed by atoms with Gasteiger partial charge in [0.25, 0.3) is 0 Å². The molecular weight excluding hydrogens is 380 g/mol. The fraction of sp³-hybridized carbons (Fsp3) is 0.550. The molecular formula is C20H31ClN4O3. The van der Waals surface area contributed by atoms with Gasteiger partial charge in [-0.1, -0.05) is 19.0 Å². The van der Waals surface area contributed by atoms with Crippen molar-refractivity contribution in [1.29, 1.82) is 0 Å². The van der Waals surface area contributed by atoms with Gasteiger partial charge in [0.05, 0.1) is 7.11 Å². The number of hydrogen-bond acceptors (Lipinski definition) is 6. The Morgan fingerprint density at radius 1 is 1.29 bits per heavy atom. The lowest BCUT2D eigenvalue weighted by Crippen LogP contribution is -2.34. The first-order valence-electron chi connectivity index (χ1n) is 9.37. The monoisotopic (exact) mass is 410 g/mol. The minimum absolute atomic E-state index is 0. The predicted octanol–water partition coefficient (Wildman–Crippen LogP) is 3.32. The molecule has 0 aliphatic rings. The van der Waals surface area contributed by atoms with Crippen molar-refractivity contribution >= 4 is 18.3 Å². The number of ether oxygens (including phenoxy) is 1. The minimum atomic E-state index is 0. The molecule has 0 radical (unpaired) electrons. The van der Waals surface area contributed by atoms with E-state index in [1.54, 1.807) is 12.0 Å². The van der Waals surface area contributed by atoms with Gasteiger partial charge < -0.3 is 19.9 Å². The topological polar surface area (TPSA) is 94.5 Å². The van der Waals surface area contributed by atoms with Crippen LogP contribution in [0.25, 0.3) is 11.4 Å². The summed E-state index contributed by atoms with van der Waals surface area (Å²) >= 11 is 0. The molecule has 2 N–H and O–H groups in total. The van der Waals surface area contributed by atoms with Crippen LogP contribution in [0.3, 0.4) is 0 Å². The number of amides is 1. The predicted molar refractivity (Wildman–Crippen MR) is 112 cm³/mol. The van der Waals surface area contributed by atoms with Gasteiger partial charge in [-0.2, -0.15) is 4.98 Å². The normalized spacial score (nSPS) is 11.8. The number of carbonyl (C=O) groups is 1. The molecule has 0 fully saturated rings. The zero-order chi connectivity index (χ0) is 19.8. The number of nitrogens with two attached hydrogens (primary N) is 1. The average molecular weight is 411 g/mol. The third-order valence-corrected chi connectivity index (χ3v) is 4.68. The van der Waals surface area contributed by atoms with Crippen molar-refractivity contribution in [2.24, 2.45) is 11.7 Å². The molecule has 1 amide bonds. The van der Waals surface area contributed by atoms with Crippen molar-refractivity contribution in [2.45, 2.75) is 45.6 Å². The van der Waals surface area contributed by atoms with Gasteiger partial charge in [-0.15, -0.1) is 12.4 Å². The van der Waals surface area contributed by atoms with E-state index in [0.29, 0.717) is 43.4 Å². The highest BCUT2D eigenvalue weighted by Gasteiger charge is 2.14. The molecule has 2 aromatic rings. The number of nitrogens with zero attached hydrogens (tertiary/aromatic N) is 3. The fourth-order valence-corrected chi connectivity index (χ4v) is 2.60. The van der Waals surface area contributed by atoms with E-state index in [9.17, 15) is 4.79 Å². The maximum absolute atomic E-state index is 12.2. The molecule has 0 aliphatic heterocycles. The Bertz CT molecular complexity index is 718. The molecule has 1 atom stereocenters. The summed E-state index contributed by atoms with van der Waals surface area (Å²) in [7, 11) is 3.45. The van der Waals surface area contributed by atoms with Gasteiger partial charge in [0.2, 0.25) is 17.6 Å². The molecule has 1 aromatic carbocycles. The Kier molecular flexibility index (Phi) is 9.96. The SMILES string of the molecule is COc1ccc(-c2noc(CCCC(=O)N(C)CCC(N)C(C)C)n2)cc1.Cl. The van der Waals surface area contributed by atoms with Crippen molar-refractivity contribution in [3.8, 4) is 17.1 Å². The minimum Gasteiger partial charge on any atom is -0.497 e. The summed E-state index contributed by atoms with van der Waals surface area (Å²) in [6.07, 6.45) is 2.51. The molecule has 7 nitrogen and oxygen atoms in total. The number of hydrogen-bond donors (Lipinski definition) is 1. The lowest BCUT2D eigenvalue weighted by Gasteiger charge is -2.21. The van der Waals surface area contributed by atoms with E-state index in [2.05, 4.69) is 24.0 Å². The van der Waals surface area contributed by atoms with Crippen LogP contribution in [0.4, 0.5) is 0 Å². The largest absolute Gasteiger partial charge is 0.497 e. The van der Waals surface area contributed by atoms with E-state index in [1.165, 1.54) is 0 Å². The zero-order valence-electron chi connectivity index (χ0n) is 17.1. The number of rotatable bonds is 10. The fourth-order valence-electron chi connectivity index (χ4n) is 2.60. The molecule has 0 spiro atoms. The van der Waals surface area contributed by atoms with Gasteiger partial charge in [0.15, 0.2) is 0 Å². The highest BCUT2D eigenvalue weighted by molar-refractivity contribution is 5.85. The van der Waals surface area contributed by atoms with Gasteiger partial charge >= 0.3 is 0 Å². The number of benzene rings is 1. The van der Waals surface area contributed by atoms with E-state index in [4.69, 9.17) is 15.0 Å². The standard InChI is InChI=1S/C20H30N4O3.ClH/c1-14(2)17(21)12-13-24(3)19(25)7-5-6-18-22-20(23-27-18)15-8-10-16(26-4)11-9-15;/h8-11,14,17H,5-7,12-13,21H2,1-4H3;1H. The molecule has 0 aliphatic carbocycles. The average Bonchev–Trinajstić information content (AvgIpc) is 3.14. The Morgan fingerprint density at radius 3 is 2.57 bits per heavy atom. The molecule has 8 heteroatoms. The summed E-state index contributed by atoms with van der Waals surface area (Å²) in [4.78, 5) is 18.4. The van der Waals surface area contributed by atoms with Crippen LogP contribution in [0.5, 0.6) is 5.75 Å². The Labute approximate surface area is 173 Å². The lowest BCUT2D eigenvalue weighted by molar-refractivity contribution is -0.130. The van der Waals surface area contributed by atoms with Crippen molar-refractivity contribution in [2.75, 3.05) is 20.7 Å². The second-order valence-electron chi connectivity index (χ2n) is 7.11. The van der Waals surface area contributed by atoms with Crippen molar-refractivity contribution in [1.82, 2.24) is 15.0 Å². The van der Waals surface area contributed by atoms with Crippen LogP contribution in [0.2, 0.25) is 0 Å². The first-order valence-corrected chi connectivity index (χ1v) is 9.37. The number of aromatic nitrogens is 2. The van der Waals surface area contributed by atoms with E-state index in [-0.39, 0.29) is 24.4 Å². The molecule has 0 saturated carbocycles. The van der Waals surface area contributed by atoms with E-state index < -0.39 is 0 Å². The van der Waals surface area contributed by atoms with Crippen LogP contribution in [0.1, 0.15) is 39.0 Å². The number of carbonyl (C=O) groups excluding carboxylic acids is 1. The molecule has 28 heavy (non-hydrogen) atoms. The highest BCUT2D eigenvalue weighted by Crippen LogP contribution is 2.20. The number of halogens is 1. The second-order valence-corrected chi connectivity index (χ2v) is 7.11. The van der Waals surface area contributed by atoms with E-state index >= 15 is 0 Å². The van der Waals surface area contributed by atoms with Crippen LogP contribution in [0.15, 0.2) is 28.8 Å². The third-order valence-electron chi connectivity index (χ3n) is 4.68. The van der Waals surface area contributed by atoms with Gasteiger partial charge in [-0.3, -0.25) is 4.79 Å². The van der Waals surface area contributed by atoms with Gasteiger partial charge in [0.1, 0.15) is 5.75 Å². The van der Waals surface area contributed by atoms with Crippen molar-refractivity contribution in [3.63, 3.8) is 0 Å². The van der Waals surface area contributed by atoms with Crippen LogP contribution in [-0.4, -0.2) is 47.7 Å². The summed E-state index contributed by atoms with van der Waals surface area (Å²) in [6.45, 7) is 4.87. The first kappa shape index (κ1) is 23.9. The van der Waals surface area contributed by atoms with E-state index in [0.717, 1.165) is 17.7 Å². The lowest BCUT2D eigenvalue weighted by atomic mass is 10.0.